The number of phenols is 1. The van der Waals surface area contributed by atoms with E-state index >= 15 is 0 Å². The van der Waals surface area contributed by atoms with Gasteiger partial charge in [0.25, 0.3) is 11.8 Å². The summed E-state index contributed by atoms with van der Waals surface area (Å²) in [6.07, 6.45) is 0.322. The van der Waals surface area contributed by atoms with E-state index in [0.717, 1.165) is 5.56 Å². The molecule has 0 radical (unpaired) electrons. The van der Waals surface area contributed by atoms with E-state index in [-0.39, 0.29) is 23.0 Å². The fourth-order valence-corrected chi connectivity index (χ4v) is 3.79. The summed E-state index contributed by atoms with van der Waals surface area (Å²) in [5.41, 5.74) is 8.67. The molecular formula is C27H25FN2O4. The molecule has 0 saturated carbocycles. The third-order valence-corrected chi connectivity index (χ3v) is 5.51. The van der Waals surface area contributed by atoms with Crippen LogP contribution in [0.25, 0.3) is 22.3 Å². The van der Waals surface area contributed by atoms with Gasteiger partial charge in [0.05, 0.1) is 5.56 Å². The number of fused-ring (bicyclic) bond motifs is 1. The van der Waals surface area contributed by atoms with E-state index in [1.807, 2.05) is 19.9 Å². The van der Waals surface area contributed by atoms with Crippen molar-refractivity contribution >= 4 is 22.8 Å². The molecule has 2 amide bonds. The van der Waals surface area contributed by atoms with Crippen molar-refractivity contribution in [1.29, 1.82) is 0 Å². The molecule has 0 aliphatic carbocycles. The number of carbonyl (C=O) groups is 2. The summed E-state index contributed by atoms with van der Waals surface area (Å²) in [6, 6.07) is 15.7. The maximum Gasteiger partial charge on any atom is 0.253 e. The van der Waals surface area contributed by atoms with Gasteiger partial charge in [-0.1, -0.05) is 19.9 Å². The number of halogens is 1. The van der Waals surface area contributed by atoms with Crippen LogP contribution < -0.4 is 11.1 Å². The zero-order valence-electron chi connectivity index (χ0n) is 18.9. The van der Waals surface area contributed by atoms with Gasteiger partial charge in [-0.3, -0.25) is 9.59 Å². The molecule has 3 aromatic carbocycles. The van der Waals surface area contributed by atoms with Crippen molar-refractivity contribution < 1.29 is 23.5 Å². The monoisotopic (exact) mass is 460 g/mol. The molecule has 0 unspecified atom stereocenters. The zero-order chi connectivity index (χ0) is 24.4. The second kappa shape index (κ2) is 9.39. The van der Waals surface area contributed by atoms with Crippen LogP contribution in [0.2, 0.25) is 0 Å². The first-order valence-corrected chi connectivity index (χ1v) is 10.9. The molecule has 7 heteroatoms. The van der Waals surface area contributed by atoms with Crippen LogP contribution in [0.1, 0.15) is 45.7 Å². The molecule has 4 rings (SSSR count). The van der Waals surface area contributed by atoms with Crippen LogP contribution in [-0.4, -0.2) is 23.5 Å². The number of furan rings is 1. The number of aromatic hydroxyl groups is 1. The number of amides is 2. The quantitative estimate of drug-likeness (QED) is 0.360. The largest absolute Gasteiger partial charge is 0.508 e. The summed E-state index contributed by atoms with van der Waals surface area (Å²) in [4.78, 5) is 24.7. The summed E-state index contributed by atoms with van der Waals surface area (Å²) in [5.74, 6) is -0.618. The SMILES string of the molecule is CC(C)CNC(=O)c1ccc(O)c(Cc2ccc3oc(-c4ccc(F)cc4)c(C(N)=O)c3c2)c1. The van der Waals surface area contributed by atoms with Gasteiger partial charge in [0.15, 0.2) is 0 Å². The van der Waals surface area contributed by atoms with Crippen LogP contribution >= 0.6 is 0 Å². The highest BCUT2D eigenvalue weighted by Crippen LogP contribution is 2.35. The van der Waals surface area contributed by atoms with E-state index < -0.39 is 11.7 Å². The molecule has 4 N–H and O–H groups in total. The van der Waals surface area contributed by atoms with Crippen molar-refractivity contribution in [3.05, 3.63) is 88.7 Å². The minimum Gasteiger partial charge on any atom is -0.508 e. The molecular weight excluding hydrogens is 435 g/mol. The Morgan fingerprint density at radius 1 is 1.06 bits per heavy atom. The smallest absolute Gasteiger partial charge is 0.253 e. The second-order valence-electron chi connectivity index (χ2n) is 8.63. The van der Waals surface area contributed by atoms with E-state index in [4.69, 9.17) is 10.2 Å². The molecule has 0 fully saturated rings. The van der Waals surface area contributed by atoms with E-state index in [1.54, 1.807) is 24.3 Å². The molecule has 6 nitrogen and oxygen atoms in total. The third kappa shape index (κ3) is 4.78. The number of nitrogens with two attached hydrogens (primary N) is 1. The number of nitrogens with one attached hydrogen (secondary N) is 1. The number of benzene rings is 3. The van der Waals surface area contributed by atoms with Crippen molar-refractivity contribution in [3.8, 4) is 17.1 Å². The van der Waals surface area contributed by atoms with E-state index in [2.05, 4.69) is 5.32 Å². The van der Waals surface area contributed by atoms with Crippen LogP contribution in [0.15, 0.2) is 65.1 Å². The third-order valence-electron chi connectivity index (χ3n) is 5.51. The number of phenolic OH excluding ortho intramolecular Hbond substituents is 1. The van der Waals surface area contributed by atoms with Gasteiger partial charge in [-0.15, -0.1) is 0 Å². The lowest BCUT2D eigenvalue weighted by Crippen LogP contribution is -2.27. The number of carbonyl (C=O) groups excluding carboxylic acids is 2. The van der Waals surface area contributed by atoms with E-state index in [1.165, 1.54) is 30.3 Å². The molecule has 174 valence electrons. The molecule has 34 heavy (non-hydrogen) atoms. The molecule has 0 atom stereocenters. The van der Waals surface area contributed by atoms with Crippen LogP contribution in [0.4, 0.5) is 4.39 Å². The predicted octanol–water partition coefficient (Wildman–Crippen LogP) is 5.02. The summed E-state index contributed by atoms with van der Waals surface area (Å²) >= 11 is 0. The second-order valence-corrected chi connectivity index (χ2v) is 8.63. The predicted molar refractivity (Wildman–Crippen MR) is 128 cm³/mol. The van der Waals surface area contributed by atoms with Crippen LogP contribution in [0.3, 0.4) is 0 Å². The van der Waals surface area contributed by atoms with Crippen LogP contribution in [0.5, 0.6) is 5.75 Å². The number of hydrogen-bond acceptors (Lipinski definition) is 4. The molecule has 1 aromatic heterocycles. The Hall–Kier alpha value is -4.13. The Bertz CT molecular complexity index is 1370. The summed E-state index contributed by atoms with van der Waals surface area (Å²) < 4.78 is 19.2. The standard InChI is InChI=1S/C27H25FN2O4/c1-15(2)14-30-27(33)18-6-9-22(31)19(13-18)11-16-3-10-23-21(12-16)24(26(29)32)25(34-23)17-4-7-20(28)8-5-17/h3-10,12-13,15,31H,11,14H2,1-2H3,(H2,29,32)(H,30,33). The minimum atomic E-state index is -0.665. The van der Waals surface area contributed by atoms with Crippen molar-refractivity contribution in [1.82, 2.24) is 5.32 Å². The molecule has 0 saturated heterocycles. The molecule has 0 aliphatic rings. The summed E-state index contributed by atoms with van der Waals surface area (Å²) in [5, 5.41) is 13.8. The Balaban J connectivity index is 1.69. The fraction of sp³-hybridized carbons (Fsp3) is 0.185. The Labute approximate surface area is 196 Å². The highest BCUT2D eigenvalue weighted by atomic mass is 19.1. The molecule has 0 bridgehead atoms. The average molecular weight is 461 g/mol. The van der Waals surface area contributed by atoms with Crippen molar-refractivity contribution in [2.45, 2.75) is 20.3 Å². The van der Waals surface area contributed by atoms with Gasteiger partial charge in [0, 0.05) is 29.5 Å². The minimum absolute atomic E-state index is 0.0647. The van der Waals surface area contributed by atoms with Crippen LogP contribution in [-0.2, 0) is 6.42 Å². The first kappa shape index (κ1) is 23.0. The number of hydrogen-bond donors (Lipinski definition) is 3. The van der Waals surface area contributed by atoms with Crippen LogP contribution in [0, 0.1) is 11.7 Å². The number of primary amides is 1. The topological polar surface area (TPSA) is 106 Å². The summed E-state index contributed by atoms with van der Waals surface area (Å²) in [6.45, 7) is 4.57. The normalized spacial score (nSPS) is 11.2. The lowest BCUT2D eigenvalue weighted by atomic mass is 9.98. The lowest BCUT2D eigenvalue weighted by Gasteiger charge is -2.10. The molecule has 1 heterocycles. The lowest BCUT2D eigenvalue weighted by molar-refractivity contribution is 0.0947. The van der Waals surface area contributed by atoms with E-state index in [0.29, 0.717) is 46.5 Å². The van der Waals surface area contributed by atoms with E-state index in [9.17, 15) is 19.1 Å². The fourth-order valence-electron chi connectivity index (χ4n) is 3.79. The highest BCUT2D eigenvalue weighted by molar-refractivity contribution is 6.10. The maximum absolute atomic E-state index is 13.3. The van der Waals surface area contributed by atoms with Gasteiger partial charge in [-0.05, 0) is 71.6 Å². The maximum atomic E-state index is 13.3. The van der Waals surface area contributed by atoms with Gasteiger partial charge in [-0.25, -0.2) is 4.39 Å². The first-order valence-electron chi connectivity index (χ1n) is 10.9. The summed E-state index contributed by atoms with van der Waals surface area (Å²) in [7, 11) is 0. The zero-order valence-corrected chi connectivity index (χ0v) is 18.9. The number of rotatable bonds is 7. The van der Waals surface area contributed by atoms with Crippen molar-refractivity contribution in [2.24, 2.45) is 11.7 Å². The van der Waals surface area contributed by atoms with Crippen molar-refractivity contribution in [2.75, 3.05) is 6.54 Å². The van der Waals surface area contributed by atoms with Gasteiger partial charge < -0.3 is 20.6 Å². The van der Waals surface area contributed by atoms with Gasteiger partial charge in [0.2, 0.25) is 0 Å². The van der Waals surface area contributed by atoms with Gasteiger partial charge in [-0.2, -0.15) is 0 Å². The van der Waals surface area contributed by atoms with Gasteiger partial charge >= 0.3 is 0 Å². The molecule has 4 aromatic rings. The average Bonchev–Trinajstić information content (AvgIpc) is 3.18. The highest BCUT2D eigenvalue weighted by Gasteiger charge is 2.21. The molecule has 0 spiro atoms. The molecule has 0 aliphatic heterocycles. The Morgan fingerprint density at radius 3 is 2.47 bits per heavy atom. The Morgan fingerprint density at radius 2 is 1.79 bits per heavy atom. The van der Waals surface area contributed by atoms with Gasteiger partial charge in [0.1, 0.15) is 22.9 Å². The first-order chi connectivity index (χ1) is 16.2. The van der Waals surface area contributed by atoms with Crippen molar-refractivity contribution in [3.63, 3.8) is 0 Å². The Kier molecular flexibility index (Phi) is 6.36.